The molecular formula is C25H26F3N3O3. The maximum Gasteiger partial charge on any atom is 0.256 e. The summed E-state index contributed by atoms with van der Waals surface area (Å²) in [5.74, 6) is -2.77. The number of benzene rings is 2. The van der Waals surface area contributed by atoms with Crippen LogP contribution in [0, 0.1) is 23.4 Å². The minimum atomic E-state index is -0.893. The molecule has 34 heavy (non-hydrogen) atoms. The first-order valence-electron chi connectivity index (χ1n) is 11.4. The fourth-order valence-corrected chi connectivity index (χ4v) is 4.49. The van der Waals surface area contributed by atoms with Crippen molar-refractivity contribution in [1.82, 2.24) is 14.7 Å². The van der Waals surface area contributed by atoms with Gasteiger partial charge in [-0.2, -0.15) is 0 Å². The third-order valence-corrected chi connectivity index (χ3v) is 6.51. The van der Waals surface area contributed by atoms with E-state index in [9.17, 15) is 27.6 Å². The third kappa shape index (κ3) is 5.40. The van der Waals surface area contributed by atoms with E-state index in [1.165, 1.54) is 17.0 Å². The van der Waals surface area contributed by atoms with Crippen LogP contribution in [0.5, 0.6) is 0 Å². The van der Waals surface area contributed by atoms with Gasteiger partial charge >= 0.3 is 0 Å². The van der Waals surface area contributed by atoms with Gasteiger partial charge in [-0.25, -0.2) is 13.2 Å². The number of carbonyl (C=O) groups is 3. The standard InChI is InChI=1S/C25H26F3N3O3/c26-19-3-1-17(2-4-19)15-23(32)29-11-13-31(14-12-29)24(33)18-7-9-30(10-8-18)25(34)21-6-5-20(27)16-22(21)28/h1-6,16,18H,7-15H2. The van der Waals surface area contributed by atoms with Gasteiger partial charge in [0.15, 0.2) is 0 Å². The van der Waals surface area contributed by atoms with Crippen molar-refractivity contribution in [1.29, 1.82) is 0 Å². The largest absolute Gasteiger partial charge is 0.339 e. The summed E-state index contributed by atoms with van der Waals surface area (Å²) < 4.78 is 40.1. The quantitative estimate of drug-likeness (QED) is 0.686. The van der Waals surface area contributed by atoms with Crippen molar-refractivity contribution >= 4 is 17.7 Å². The molecule has 9 heteroatoms. The number of likely N-dealkylation sites (tertiary alicyclic amines) is 1. The maximum atomic E-state index is 13.9. The highest BCUT2D eigenvalue weighted by molar-refractivity contribution is 5.94. The Kier molecular flexibility index (Phi) is 7.19. The van der Waals surface area contributed by atoms with Crippen molar-refractivity contribution in [3.63, 3.8) is 0 Å². The highest BCUT2D eigenvalue weighted by atomic mass is 19.1. The van der Waals surface area contributed by atoms with E-state index in [4.69, 9.17) is 0 Å². The first-order chi connectivity index (χ1) is 16.3. The van der Waals surface area contributed by atoms with E-state index in [0.29, 0.717) is 58.2 Å². The molecule has 2 aromatic carbocycles. The summed E-state index contributed by atoms with van der Waals surface area (Å²) >= 11 is 0. The van der Waals surface area contributed by atoms with Crippen molar-refractivity contribution < 1.29 is 27.6 Å². The second-order valence-electron chi connectivity index (χ2n) is 8.70. The number of halogens is 3. The number of piperazine rings is 1. The molecule has 0 bridgehead atoms. The molecular weight excluding hydrogens is 447 g/mol. The monoisotopic (exact) mass is 473 g/mol. The predicted molar refractivity (Wildman–Crippen MR) is 118 cm³/mol. The zero-order valence-corrected chi connectivity index (χ0v) is 18.7. The lowest BCUT2D eigenvalue weighted by Gasteiger charge is -2.38. The molecule has 2 fully saturated rings. The average Bonchev–Trinajstić information content (AvgIpc) is 2.85. The molecule has 0 radical (unpaired) electrons. The predicted octanol–water partition coefficient (Wildman–Crippen LogP) is 2.87. The summed E-state index contributed by atoms with van der Waals surface area (Å²) in [6.07, 6.45) is 1.13. The van der Waals surface area contributed by atoms with E-state index in [1.807, 2.05) is 0 Å². The number of carbonyl (C=O) groups excluding carboxylic acids is 3. The van der Waals surface area contributed by atoms with E-state index >= 15 is 0 Å². The van der Waals surface area contributed by atoms with E-state index in [0.717, 1.165) is 17.7 Å². The van der Waals surface area contributed by atoms with Gasteiger partial charge in [0.1, 0.15) is 17.5 Å². The zero-order valence-electron chi connectivity index (χ0n) is 18.7. The molecule has 3 amide bonds. The molecule has 0 atom stereocenters. The van der Waals surface area contributed by atoms with Gasteiger partial charge in [0.2, 0.25) is 11.8 Å². The number of amides is 3. The molecule has 2 heterocycles. The molecule has 0 aromatic heterocycles. The van der Waals surface area contributed by atoms with Crippen molar-refractivity contribution in [2.75, 3.05) is 39.3 Å². The molecule has 2 aromatic rings. The van der Waals surface area contributed by atoms with Crippen LogP contribution in [0.2, 0.25) is 0 Å². The third-order valence-electron chi connectivity index (χ3n) is 6.51. The molecule has 0 spiro atoms. The van der Waals surface area contributed by atoms with Crippen LogP contribution in [0.3, 0.4) is 0 Å². The second-order valence-corrected chi connectivity index (χ2v) is 8.70. The van der Waals surface area contributed by atoms with Gasteiger partial charge < -0.3 is 14.7 Å². The number of hydrogen-bond acceptors (Lipinski definition) is 3. The van der Waals surface area contributed by atoms with E-state index < -0.39 is 17.5 Å². The van der Waals surface area contributed by atoms with Crippen molar-refractivity contribution in [3.8, 4) is 0 Å². The minimum Gasteiger partial charge on any atom is -0.339 e. The van der Waals surface area contributed by atoms with Gasteiger partial charge in [-0.3, -0.25) is 14.4 Å². The Hall–Kier alpha value is -3.36. The van der Waals surface area contributed by atoms with Crippen LogP contribution in [0.25, 0.3) is 0 Å². The Labute approximate surface area is 195 Å². The Bertz CT molecular complexity index is 1060. The number of nitrogens with zero attached hydrogens (tertiary/aromatic N) is 3. The summed E-state index contributed by atoms with van der Waals surface area (Å²) in [5, 5.41) is 0. The highest BCUT2D eigenvalue weighted by Gasteiger charge is 2.33. The molecule has 0 unspecified atom stereocenters. The Morgan fingerprint density at radius 2 is 1.32 bits per heavy atom. The molecule has 0 aliphatic carbocycles. The number of piperidine rings is 1. The van der Waals surface area contributed by atoms with E-state index in [2.05, 4.69) is 0 Å². The molecule has 2 aliphatic rings. The van der Waals surface area contributed by atoms with Gasteiger partial charge in [0.05, 0.1) is 12.0 Å². The molecule has 2 aliphatic heterocycles. The van der Waals surface area contributed by atoms with E-state index in [1.54, 1.807) is 21.9 Å². The van der Waals surface area contributed by atoms with Crippen molar-refractivity contribution in [3.05, 3.63) is 71.0 Å². The molecule has 0 saturated carbocycles. The summed E-state index contributed by atoms with van der Waals surface area (Å²) in [4.78, 5) is 43.0. The van der Waals surface area contributed by atoms with Crippen LogP contribution in [0.15, 0.2) is 42.5 Å². The summed E-state index contributed by atoms with van der Waals surface area (Å²) in [7, 11) is 0. The fourth-order valence-electron chi connectivity index (χ4n) is 4.49. The highest BCUT2D eigenvalue weighted by Crippen LogP contribution is 2.23. The van der Waals surface area contributed by atoms with Crippen molar-refractivity contribution in [2.45, 2.75) is 19.3 Å². The zero-order chi connectivity index (χ0) is 24.2. The molecule has 180 valence electrons. The van der Waals surface area contributed by atoms with Crippen LogP contribution < -0.4 is 0 Å². The van der Waals surface area contributed by atoms with Gasteiger partial charge in [0, 0.05) is 51.3 Å². The fraction of sp³-hybridized carbons (Fsp3) is 0.400. The normalized spacial score (nSPS) is 17.1. The molecule has 4 rings (SSSR count). The van der Waals surface area contributed by atoms with Crippen molar-refractivity contribution in [2.24, 2.45) is 5.92 Å². The number of hydrogen-bond donors (Lipinski definition) is 0. The lowest BCUT2D eigenvalue weighted by atomic mass is 9.94. The van der Waals surface area contributed by atoms with Crippen LogP contribution in [-0.4, -0.2) is 71.7 Å². The second kappa shape index (κ2) is 10.3. The molecule has 2 saturated heterocycles. The summed E-state index contributed by atoms with van der Waals surface area (Å²) in [6, 6.07) is 8.72. The van der Waals surface area contributed by atoms with Gasteiger partial charge in [0.25, 0.3) is 5.91 Å². The van der Waals surface area contributed by atoms with Gasteiger partial charge in [-0.1, -0.05) is 12.1 Å². The topological polar surface area (TPSA) is 60.9 Å². The number of rotatable bonds is 4. The Morgan fingerprint density at radius 1 is 0.735 bits per heavy atom. The van der Waals surface area contributed by atoms with Crippen LogP contribution in [0.1, 0.15) is 28.8 Å². The summed E-state index contributed by atoms with van der Waals surface area (Å²) in [5.41, 5.74) is 0.569. The van der Waals surface area contributed by atoms with Crippen LogP contribution in [-0.2, 0) is 16.0 Å². The lowest BCUT2D eigenvalue weighted by molar-refractivity contribution is -0.142. The first-order valence-corrected chi connectivity index (χ1v) is 11.4. The first kappa shape index (κ1) is 23.8. The molecule has 0 N–H and O–H groups in total. The lowest BCUT2D eigenvalue weighted by Crippen LogP contribution is -2.53. The Balaban J connectivity index is 1.24. The van der Waals surface area contributed by atoms with Gasteiger partial charge in [-0.05, 0) is 42.7 Å². The van der Waals surface area contributed by atoms with Gasteiger partial charge in [-0.15, -0.1) is 0 Å². The smallest absolute Gasteiger partial charge is 0.256 e. The van der Waals surface area contributed by atoms with Crippen LogP contribution >= 0.6 is 0 Å². The van der Waals surface area contributed by atoms with E-state index in [-0.39, 0.29) is 35.5 Å². The summed E-state index contributed by atoms with van der Waals surface area (Å²) in [6.45, 7) is 2.39. The maximum absolute atomic E-state index is 13.9. The Morgan fingerprint density at radius 3 is 1.94 bits per heavy atom. The molecule has 6 nitrogen and oxygen atoms in total. The minimum absolute atomic E-state index is 0.00527. The van der Waals surface area contributed by atoms with Crippen LogP contribution in [0.4, 0.5) is 13.2 Å². The SMILES string of the molecule is O=C(Cc1ccc(F)cc1)N1CCN(C(=O)C2CCN(C(=O)c3ccc(F)cc3F)CC2)CC1. The average molecular weight is 473 g/mol.